The largest absolute Gasteiger partial charge is 0.484 e. The molecule has 0 atom stereocenters. The average Bonchev–Trinajstić information content (AvgIpc) is 2.81. The van der Waals surface area contributed by atoms with Crippen LogP contribution in [0, 0.1) is 0 Å². The lowest BCUT2D eigenvalue weighted by molar-refractivity contribution is -0.137. The van der Waals surface area contributed by atoms with Crippen LogP contribution in [0.15, 0.2) is 24.3 Å². The van der Waals surface area contributed by atoms with Crippen molar-refractivity contribution in [2.75, 3.05) is 26.2 Å². The predicted molar refractivity (Wildman–Crippen MR) is 89.6 cm³/mol. The molecule has 26 heavy (non-hydrogen) atoms. The SMILES string of the molecule is O=C(COc1cccc(C(F)(F)F)c1)NCCCN1CCCCCC1=O. The van der Waals surface area contributed by atoms with Crippen LogP contribution in [-0.4, -0.2) is 43.0 Å². The molecule has 1 saturated heterocycles. The van der Waals surface area contributed by atoms with Crippen LogP contribution in [-0.2, 0) is 15.8 Å². The molecule has 1 N–H and O–H groups in total. The Labute approximate surface area is 150 Å². The summed E-state index contributed by atoms with van der Waals surface area (Å²) in [5.74, 6) is -0.267. The number of benzene rings is 1. The van der Waals surface area contributed by atoms with Crippen molar-refractivity contribution < 1.29 is 27.5 Å². The molecule has 8 heteroatoms. The summed E-state index contributed by atoms with van der Waals surface area (Å²) in [6, 6.07) is 4.40. The molecule has 5 nitrogen and oxygen atoms in total. The fraction of sp³-hybridized carbons (Fsp3) is 0.556. The normalized spacial score (nSPS) is 15.5. The summed E-state index contributed by atoms with van der Waals surface area (Å²) in [6.45, 7) is 1.37. The molecular formula is C18H23F3N2O3. The van der Waals surface area contributed by atoms with Gasteiger partial charge < -0.3 is 15.0 Å². The first-order chi connectivity index (χ1) is 12.4. The number of rotatable bonds is 7. The van der Waals surface area contributed by atoms with Crippen LogP contribution in [0.2, 0.25) is 0 Å². The molecule has 0 radical (unpaired) electrons. The van der Waals surface area contributed by atoms with Crippen LogP contribution >= 0.6 is 0 Å². The van der Waals surface area contributed by atoms with Gasteiger partial charge in [-0.15, -0.1) is 0 Å². The highest BCUT2D eigenvalue weighted by molar-refractivity contribution is 5.77. The molecular weight excluding hydrogens is 349 g/mol. The molecule has 1 aliphatic rings. The van der Waals surface area contributed by atoms with E-state index < -0.39 is 17.6 Å². The van der Waals surface area contributed by atoms with Crippen LogP contribution in [0.4, 0.5) is 13.2 Å². The minimum Gasteiger partial charge on any atom is -0.484 e. The Kier molecular flexibility index (Phi) is 7.29. The second-order valence-electron chi connectivity index (χ2n) is 6.21. The van der Waals surface area contributed by atoms with E-state index in [1.807, 2.05) is 4.90 Å². The molecule has 1 aliphatic heterocycles. The third-order valence-electron chi connectivity index (χ3n) is 4.13. The van der Waals surface area contributed by atoms with Gasteiger partial charge in [0.15, 0.2) is 6.61 Å². The van der Waals surface area contributed by atoms with Gasteiger partial charge in [0, 0.05) is 26.1 Å². The van der Waals surface area contributed by atoms with E-state index in [1.54, 1.807) is 0 Å². The Bertz CT molecular complexity index is 620. The molecule has 1 fully saturated rings. The summed E-state index contributed by atoms with van der Waals surface area (Å²) in [7, 11) is 0. The molecule has 0 unspecified atom stereocenters. The maximum Gasteiger partial charge on any atom is 0.416 e. The van der Waals surface area contributed by atoms with Crippen LogP contribution in [0.25, 0.3) is 0 Å². The first kappa shape index (κ1) is 20.1. The number of likely N-dealkylation sites (tertiary alicyclic amines) is 1. The number of hydrogen-bond acceptors (Lipinski definition) is 3. The van der Waals surface area contributed by atoms with E-state index in [-0.39, 0.29) is 18.3 Å². The topological polar surface area (TPSA) is 58.6 Å². The van der Waals surface area contributed by atoms with Crippen molar-refractivity contribution >= 4 is 11.8 Å². The fourth-order valence-corrected chi connectivity index (χ4v) is 2.73. The van der Waals surface area contributed by atoms with E-state index in [2.05, 4.69) is 5.32 Å². The molecule has 0 saturated carbocycles. The van der Waals surface area contributed by atoms with Gasteiger partial charge in [0.25, 0.3) is 5.91 Å². The van der Waals surface area contributed by atoms with Crippen molar-refractivity contribution in [3.8, 4) is 5.75 Å². The van der Waals surface area contributed by atoms with Gasteiger partial charge in [0.2, 0.25) is 5.91 Å². The zero-order valence-corrected chi connectivity index (χ0v) is 14.5. The fourth-order valence-electron chi connectivity index (χ4n) is 2.73. The Morgan fingerprint density at radius 3 is 2.81 bits per heavy atom. The van der Waals surface area contributed by atoms with Crippen molar-refractivity contribution in [1.29, 1.82) is 0 Å². The number of carbonyl (C=O) groups excluding carboxylic acids is 2. The molecule has 2 rings (SSSR count). The zero-order valence-electron chi connectivity index (χ0n) is 14.5. The molecule has 2 amide bonds. The van der Waals surface area contributed by atoms with Crippen LogP contribution in [0.1, 0.15) is 37.7 Å². The molecule has 0 bridgehead atoms. The van der Waals surface area contributed by atoms with E-state index in [1.165, 1.54) is 12.1 Å². The van der Waals surface area contributed by atoms with Gasteiger partial charge in [0.05, 0.1) is 5.56 Å². The van der Waals surface area contributed by atoms with Gasteiger partial charge >= 0.3 is 6.18 Å². The van der Waals surface area contributed by atoms with E-state index >= 15 is 0 Å². The number of nitrogens with one attached hydrogen (secondary N) is 1. The van der Waals surface area contributed by atoms with Crippen molar-refractivity contribution in [2.24, 2.45) is 0 Å². The molecule has 0 aliphatic carbocycles. The number of carbonyl (C=O) groups is 2. The van der Waals surface area contributed by atoms with Gasteiger partial charge in [-0.05, 0) is 37.5 Å². The van der Waals surface area contributed by atoms with Crippen molar-refractivity contribution in [2.45, 2.75) is 38.3 Å². The second-order valence-corrected chi connectivity index (χ2v) is 6.21. The summed E-state index contributed by atoms with van der Waals surface area (Å²) in [5.41, 5.74) is -0.822. The minimum atomic E-state index is -4.45. The van der Waals surface area contributed by atoms with Gasteiger partial charge in [-0.2, -0.15) is 13.2 Å². The summed E-state index contributed by atoms with van der Waals surface area (Å²) in [6.07, 6.45) is -0.252. The van der Waals surface area contributed by atoms with Crippen molar-refractivity contribution in [3.05, 3.63) is 29.8 Å². The van der Waals surface area contributed by atoms with Gasteiger partial charge in [-0.1, -0.05) is 12.5 Å². The zero-order chi connectivity index (χ0) is 19.0. The smallest absolute Gasteiger partial charge is 0.416 e. The molecule has 0 spiro atoms. The number of hydrogen-bond donors (Lipinski definition) is 1. The molecule has 144 valence electrons. The highest BCUT2D eigenvalue weighted by Gasteiger charge is 2.30. The first-order valence-electron chi connectivity index (χ1n) is 8.71. The monoisotopic (exact) mass is 372 g/mol. The van der Waals surface area contributed by atoms with E-state index in [0.717, 1.165) is 37.9 Å². The molecule has 1 heterocycles. The Morgan fingerprint density at radius 1 is 1.23 bits per heavy atom. The van der Waals surface area contributed by atoms with Gasteiger partial charge in [0.1, 0.15) is 5.75 Å². The lowest BCUT2D eigenvalue weighted by Crippen LogP contribution is -2.35. The Morgan fingerprint density at radius 2 is 2.04 bits per heavy atom. The maximum absolute atomic E-state index is 12.6. The lowest BCUT2D eigenvalue weighted by atomic mass is 10.2. The number of nitrogens with zero attached hydrogens (tertiary/aromatic N) is 1. The highest BCUT2D eigenvalue weighted by atomic mass is 19.4. The Hall–Kier alpha value is -2.25. The average molecular weight is 372 g/mol. The number of ether oxygens (including phenoxy) is 1. The second kappa shape index (κ2) is 9.45. The lowest BCUT2D eigenvalue weighted by Gasteiger charge is -2.20. The van der Waals surface area contributed by atoms with Crippen molar-refractivity contribution in [1.82, 2.24) is 10.2 Å². The molecule has 1 aromatic rings. The van der Waals surface area contributed by atoms with Crippen LogP contribution < -0.4 is 10.1 Å². The summed E-state index contributed by atoms with van der Waals surface area (Å²) < 4.78 is 43.0. The van der Waals surface area contributed by atoms with Crippen LogP contribution in [0.5, 0.6) is 5.75 Å². The quantitative estimate of drug-likeness (QED) is 0.749. The van der Waals surface area contributed by atoms with E-state index in [9.17, 15) is 22.8 Å². The third kappa shape index (κ3) is 6.57. The number of halogens is 3. The van der Waals surface area contributed by atoms with Gasteiger partial charge in [-0.3, -0.25) is 9.59 Å². The number of alkyl halides is 3. The number of amides is 2. The summed E-state index contributed by atoms with van der Waals surface area (Å²) in [4.78, 5) is 25.4. The highest BCUT2D eigenvalue weighted by Crippen LogP contribution is 2.31. The van der Waals surface area contributed by atoms with E-state index in [4.69, 9.17) is 4.74 Å². The van der Waals surface area contributed by atoms with Gasteiger partial charge in [-0.25, -0.2) is 0 Å². The van der Waals surface area contributed by atoms with Crippen LogP contribution in [0.3, 0.4) is 0 Å². The van der Waals surface area contributed by atoms with Crippen molar-refractivity contribution in [3.63, 3.8) is 0 Å². The first-order valence-corrected chi connectivity index (χ1v) is 8.71. The predicted octanol–water partition coefficient (Wildman–Crippen LogP) is 2.99. The maximum atomic E-state index is 12.6. The third-order valence-corrected chi connectivity index (χ3v) is 4.13. The van der Waals surface area contributed by atoms with E-state index in [0.29, 0.717) is 25.9 Å². The molecule has 0 aromatic heterocycles. The summed E-state index contributed by atoms with van der Waals surface area (Å²) in [5, 5.41) is 2.64. The molecule has 1 aromatic carbocycles. The summed E-state index contributed by atoms with van der Waals surface area (Å²) >= 11 is 0. The minimum absolute atomic E-state index is 0.00913. The standard InChI is InChI=1S/C18H23F3N2O3/c19-18(20,21)14-6-4-7-15(12-14)26-13-16(24)22-9-5-11-23-10-3-1-2-8-17(23)25/h4,6-7,12H,1-3,5,8-11,13H2,(H,22,24). The Balaban J connectivity index is 1.67.